The van der Waals surface area contributed by atoms with Crippen molar-refractivity contribution < 1.29 is 27.8 Å². The van der Waals surface area contributed by atoms with E-state index in [-0.39, 0.29) is 0 Å². The average molecular weight is 378 g/mol. The number of ether oxygens (including phenoxy) is 1. The third kappa shape index (κ3) is 4.39. The summed E-state index contributed by atoms with van der Waals surface area (Å²) >= 11 is 0. The summed E-state index contributed by atoms with van der Waals surface area (Å²) in [5.74, 6) is 0.0118. The number of hydrogen-bond acceptors (Lipinski definition) is 4. The van der Waals surface area contributed by atoms with E-state index in [1.807, 2.05) is 31.2 Å². The highest BCUT2D eigenvalue weighted by atomic mass is 19.4. The molecule has 1 aliphatic rings. The maximum absolute atomic E-state index is 13.0. The smallest absolute Gasteiger partial charge is 0.431 e. The Balaban J connectivity index is 1.82. The van der Waals surface area contributed by atoms with E-state index in [4.69, 9.17) is 9.84 Å². The monoisotopic (exact) mass is 378 g/mol. The van der Waals surface area contributed by atoms with Gasteiger partial charge >= 0.3 is 12.1 Å². The molecule has 0 aliphatic carbocycles. The lowest BCUT2D eigenvalue weighted by Gasteiger charge is -2.22. The molecule has 1 aliphatic heterocycles. The second-order valence-corrected chi connectivity index (χ2v) is 6.21. The van der Waals surface area contributed by atoms with Crippen LogP contribution >= 0.6 is 0 Å². The average Bonchev–Trinajstić information content (AvgIpc) is 3.01. The van der Waals surface area contributed by atoms with Gasteiger partial charge in [0, 0.05) is 6.42 Å². The SMILES string of the molecule is Cc1ccccc1Oc1ccc(N2N=C(C(F)(F)F)CC2CC(=O)O)cc1. The molecule has 5 nitrogen and oxygen atoms in total. The van der Waals surface area contributed by atoms with E-state index < -0.39 is 36.7 Å². The number of alkyl halides is 3. The topological polar surface area (TPSA) is 62.1 Å². The van der Waals surface area contributed by atoms with Crippen molar-refractivity contribution in [1.29, 1.82) is 0 Å². The molecule has 0 saturated carbocycles. The number of aryl methyl sites for hydroxylation is 1. The number of carboxylic acids is 1. The van der Waals surface area contributed by atoms with Crippen LogP contribution in [0.1, 0.15) is 18.4 Å². The molecule has 3 rings (SSSR count). The van der Waals surface area contributed by atoms with Crippen LogP contribution < -0.4 is 9.75 Å². The Bertz CT molecular complexity index is 863. The van der Waals surface area contributed by atoms with Crippen LogP contribution in [-0.2, 0) is 4.79 Å². The van der Waals surface area contributed by atoms with Gasteiger partial charge in [0.1, 0.15) is 17.2 Å². The zero-order chi connectivity index (χ0) is 19.6. The molecule has 0 amide bonds. The Hall–Kier alpha value is -3.03. The van der Waals surface area contributed by atoms with Gasteiger partial charge in [0.05, 0.1) is 18.2 Å². The number of nitrogens with zero attached hydrogens (tertiary/aromatic N) is 2. The third-order valence-corrected chi connectivity index (χ3v) is 4.16. The third-order valence-electron chi connectivity index (χ3n) is 4.16. The highest BCUT2D eigenvalue weighted by Crippen LogP contribution is 2.34. The molecular formula is C19H17F3N2O3. The molecule has 1 unspecified atom stereocenters. The summed E-state index contributed by atoms with van der Waals surface area (Å²) < 4.78 is 44.7. The first kappa shape index (κ1) is 18.8. The van der Waals surface area contributed by atoms with Crippen LogP contribution in [-0.4, -0.2) is 29.0 Å². The molecule has 0 aromatic heterocycles. The number of benzene rings is 2. The fraction of sp³-hybridized carbons (Fsp3) is 0.263. The van der Waals surface area contributed by atoms with Gasteiger partial charge in [0.2, 0.25) is 0 Å². The number of anilines is 1. The highest BCUT2D eigenvalue weighted by molar-refractivity contribution is 5.94. The zero-order valence-electron chi connectivity index (χ0n) is 14.4. The molecule has 1 N–H and O–H groups in total. The minimum Gasteiger partial charge on any atom is -0.481 e. The molecule has 0 bridgehead atoms. The van der Waals surface area contributed by atoms with E-state index in [9.17, 15) is 18.0 Å². The molecular weight excluding hydrogens is 361 g/mol. The van der Waals surface area contributed by atoms with E-state index >= 15 is 0 Å². The van der Waals surface area contributed by atoms with Gasteiger partial charge < -0.3 is 9.84 Å². The molecule has 1 atom stereocenters. The van der Waals surface area contributed by atoms with E-state index in [1.54, 1.807) is 24.3 Å². The quantitative estimate of drug-likeness (QED) is 0.815. The summed E-state index contributed by atoms with van der Waals surface area (Å²) in [6.07, 6.45) is -5.48. The Labute approximate surface area is 153 Å². The number of rotatable bonds is 5. The van der Waals surface area contributed by atoms with E-state index in [0.29, 0.717) is 17.2 Å². The number of halogens is 3. The van der Waals surface area contributed by atoms with E-state index in [1.165, 1.54) is 0 Å². The molecule has 2 aromatic rings. The predicted molar refractivity (Wildman–Crippen MR) is 94.3 cm³/mol. The van der Waals surface area contributed by atoms with Crippen LogP contribution in [0.3, 0.4) is 0 Å². The van der Waals surface area contributed by atoms with E-state index in [2.05, 4.69) is 5.10 Å². The normalized spacial score (nSPS) is 17.0. The van der Waals surface area contributed by atoms with Gasteiger partial charge in [-0.15, -0.1) is 0 Å². The Morgan fingerprint density at radius 2 is 1.89 bits per heavy atom. The number of para-hydroxylation sites is 1. The maximum Gasteiger partial charge on any atom is 0.431 e. The second-order valence-electron chi connectivity index (χ2n) is 6.21. The van der Waals surface area contributed by atoms with Gasteiger partial charge in [0.15, 0.2) is 0 Å². The minimum absolute atomic E-state index is 0.373. The van der Waals surface area contributed by atoms with Crippen LogP contribution in [0.4, 0.5) is 18.9 Å². The molecule has 0 radical (unpaired) electrons. The van der Waals surface area contributed by atoms with Crippen molar-refractivity contribution >= 4 is 17.4 Å². The summed E-state index contributed by atoms with van der Waals surface area (Å²) in [5.41, 5.74) is 0.341. The number of aliphatic carboxylic acids is 1. The summed E-state index contributed by atoms with van der Waals surface area (Å²) in [4.78, 5) is 11.0. The van der Waals surface area contributed by atoms with Crippen molar-refractivity contribution in [1.82, 2.24) is 0 Å². The number of carboxylic acid groups (broad SMARTS) is 1. The van der Waals surface area contributed by atoms with Gasteiger partial charge in [-0.3, -0.25) is 9.80 Å². The summed E-state index contributed by atoms with van der Waals surface area (Å²) in [6, 6.07) is 12.9. The summed E-state index contributed by atoms with van der Waals surface area (Å²) in [5, 5.41) is 13.7. The first-order chi connectivity index (χ1) is 12.7. The van der Waals surface area contributed by atoms with Gasteiger partial charge in [-0.05, 0) is 42.8 Å². The second kappa shape index (κ2) is 7.30. The lowest BCUT2D eigenvalue weighted by atomic mass is 10.1. The molecule has 27 heavy (non-hydrogen) atoms. The van der Waals surface area contributed by atoms with Crippen LogP contribution in [0.15, 0.2) is 53.6 Å². The maximum atomic E-state index is 13.0. The van der Waals surface area contributed by atoms with Crippen molar-refractivity contribution in [3.63, 3.8) is 0 Å². The molecule has 142 valence electrons. The standard InChI is InChI=1S/C19H17F3N2O3/c1-12-4-2-3-5-16(12)27-15-8-6-13(7-9-15)24-14(11-18(25)26)10-17(23-24)19(20,21)22/h2-9,14H,10-11H2,1H3,(H,25,26). The molecule has 2 aromatic carbocycles. The van der Waals surface area contributed by atoms with Crippen LogP contribution in [0.2, 0.25) is 0 Å². The summed E-state index contributed by atoms with van der Waals surface area (Å²) in [6.45, 7) is 1.90. The molecule has 0 spiro atoms. The van der Waals surface area contributed by atoms with Crippen LogP contribution in [0, 0.1) is 6.92 Å². The molecule has 0 saturated heterocycles. The molecule has 0 fully saturated rings. The highest BCUT2D eigenvalue weighted by Gasteiger charge is 2.43. The van der Waals surface area contributed by atoms with Gasteiger partial charge in [-0.2, -0.15) is 18.3 Å². The fourth-order valence-electron chi connectivity index (χ4n) is 2.83. The first-order valence-corrected chi connectivity index (χ1v) is 8.23. The van der Waals surface area contributed by atoms with Gasteiger partial charge in [0.25, 0.3) is 0 Å². The first-order valence-electron chi connectivity index (χ1n) is 8.23. The number of hydrazone groups is 1. The zero-order valence-corrected chi connectivity index (χ0v) is 14.4. The van der Waals surface area contributed by atoms with Gasteiger partial charge in [-0.25, -0.2) is 0 Å². The number of carbonyl (C=O) groups is 1. The lowest BCUT2D eigenvalue weighted by Crippen LogP contribution is -2.29. The Morgan fingerprint density at radius 1 is 1.22 bits per heavy atom. The van der Waals surface area contributed by atoms with Crippen molar-refractivity contribution in [3.8, 4) is 11.5 Å². The minimum atomic E-state index is -4.58. The van der Waals surface area contributed by atoms with Crippen LogP contribution in [0.5, 0.6) is 11.5 Å². The largest absolute Gasteiger partial charge is 0.481 e. The lowest BCUT2D eigenvalue weighted by molar-refractivity contribution is -0.137. The number of hydrogen-bond donors (Lipinski definition) is 1. The van der Waals surface area contributed by atoms with Crippen molar-refractivity contribution in [2.45, 2.75) is 32.0 Å². The Morgan fingerprint density at radius 3 is 2.48 bits per heavy atom. The molecule has 8 heteroatoms. The van der Waals surface area contributed by atoms with Crippen LogP contribution in [0.25, 0.3) is 0 Å². The predicted octanol–water partition coefficient (Wildman–Crippen LogP) is 4.76. The Kier molecular flexibility index (Phi) is 5.07. The molecule has 1 heterocycles. The van der Waals surface area contributed by atoms with E-state index in [0.717, 1.165) is 10.6 Å². The fourth-order valence-corrected chi connectivity index (χ4v) is 2.83. The van der Waals surface area contributed by atoms with Crippen molar-refractivity contribution in [3.05, 3.63) is 54.1 Å². The van der Waals surface area contributed by atoms with Crippen molar-refractivity contribution in [2.75, 3.05) is 5.01 Å². The van der Waals surface area contributed by atoms with Crippen molar-refractivity contribution in [2.24, 2.45) is 5.10 Å². The van der Waals surface area contributed by atoms with Gasteiger partial charge in [-0.1, -0.05) is 18.2 Å². The summed E-state index contributed by atoms with van der Waals surface area (Å²) in [7, 11) is 0.